The number of nitrogens with zero attached hydrogens (tertiary/aromatic N) is 2. The Bertz CT molecular complexity index is 586. The van der Waals surface area contributed by atoms with E-state index in [-0.39, 0.29) is 0 Å². The van der Waals surface area contributed by atoms with Gasteiger partial charge in [-0.05, 0) is 25.1 Å². The summed E-state index contributed by atoms with van der Waals surface area (Å²) < 4.78 is 0. The molecule has 0 radical (unpaired) electrons. The van der Waals surface area contributed by atoms with Crippen LogP contribution in [0, 0.1) is 18.3 Å². The van der Waals surface area contributed by atoms with Gasteiger partial charge in [0, 0.05) is 23.4 Å². The van der Waals surface area contributed by atoms with Crippen LogP contribution in [0.2, 0.25) is 5.02 Å². The van der Waals surface area contributed by atoms with Crippen LogP contribution < -0.4 is 5.32 Å². The van der Waals surface area contributed by atoms with E-state index in [1.54, 1.807) is 29.5 Å². The highest BCUT2D eigenvalue weighted by Crippen LogP contribution is 2.20. The molecule has 18 heavy (non-hydrogen) atoms. The number of aromatic nitrogens is 1. The molecule has 5 heteroatoms. The molecule has 92 valence electrons. The Morgan fingerprint density at radius 3 is 3.00 bits per heavy atom. The highest BCUT2D eigenvalue weighted by atomic mass is 35.5. The molecule has 0 spiro atoms. The smallest absolute Gasteiger partial charge is 0.101 e. The van der Waals surface area contributed by atoms with Crippen molar-refractivity contribution in [2.24, 2.45) is 0 Å². The summed E-state index contributed by atoms with van der Waals surface area (Å²) in [5.41, 5.74) is 2.45. The highest BCUT2D eigenvalue weighted by Gasteiger charge is 2.03. The topological polar surface area (TPSA) is 48.7 Å². The van der Waals surface area contributed by atoms with E-state index in [2.05, 4.69) is 21.8 Å². The average Bonchev–Trinajstić information content (AvgIpc) is 2.75. The second kappa shape index (κ2) is 5.85. The minimum Gasteiger partial charge on any atom is -0.384 e. The highest BCUT2D eigenvalue weighted by molar-refractivity contribution is 7.09. The number of benzene rings is 1. The normalized spacial score (nSPS) is 10.1. The zero-order valence-electron chi connectivity index (χ0n) is 9.90. The van der Waals surface area contributed by atoms with Gasteiger partial charge in [-0.1, -0.05) is 11.6 Å². The molecule has 0 aliphatic rings. The third-order valence-corrected chi connectivity index (χ3v) is 3.52. The SMILES string of the molecule is Cc1nc(CCNc2cc(Cl)ccc2C#N)cs1. The molecule has 0 fully saturated rings. The molecule has 0 saturated heterocycles. The predicted molar refractivity (Wildman–Crippen MR) is 75.2 cm³/mol. The van der Waals surface area contributed by atoms with Crippen LogP contribution in [0.25, 0.3) is 0 Å². The molecule has 1 N–H and O–H groups in total. The monoisotopic (exact) mass is 277 g/mol. The van der Waals surface area contributed by atoms with Crippen molar-refractivity contribution in [3.05, 3.63) is 44.9 Å². The van der Waals surface area contributed by atoms with Gasteiger partial charge in [0.05, 0.1) is 22.0 Å². The molecule has 0 atom stereocenters. The second-order valence-corrected chi connectivity index (χ2v) is 5.34. The number of halogens is 1. The van der Waals surface area contributed by atoms with E-state index in [0.29, 0.717) is 10.6 Å². The summed E-state index contributed by atoms with van der Waals surface area (Å²) in [6.45, 7) is 2.73. The van der Waals surface area contributed by atoms with Crippen molar-refractivity contribution in [3.8, 4) is 6.07 Å². The fourth-order valence-electron chi connectivity index (χ4n) is 1.61. The number of nitriles is 1. The molecule has 0 amide bonds. The van der Waals surface area contributed by atoms with Gasteiger partial charge >= 0.3 is 0 Å². The number of hydrogen-bond acceptors (Lipinski definition) is 4. The number of thiazole rings is 1. The fraction of sp³-hybridized carbons (Fsp3) is 0.231. The summed E-state index contributed by atoms with van der Waals surface area (Å²) in [7, 11) is 0. The van der Waals surface area contributed by atoms with E-state index in [9.17, 15) is 0 Å². The Morgan fingerprint density at radius 1 is 1.50 bits per heavy atom. The molecular formula is C13H12ClN3S. The number of hydrogen-bond donors (Lipinski definition) is 1. The summed E-state index contributed by atoms with van der Waals surface area (Å²) >= 11 is 7.56. The van der Waals surface area contributed by atoms with Crippen LogP contribution in [0.5, 0.6) is 0 Å². The van der Waals surface area contributed by atoms with Gasteiger partial charge in [-0.25, -0.2) is 4.98 Å². The van der Waals surface area contributed by atoms with E-state index in [1.807, 2.05) is 6.92 Å². The molecular weight excluding hydrogens is 266 g/mol. The number of rotatable bonds is 4. The molecule has 0 saturated carbocycles. The number of nitrogens with one attached hydrogen (secondary N) is 1. The van der Waals surface area contributed by atoms with Gasteiger partial charge in [-0.2, -0.15) is 5.26 Å². The van der Waals surface area contributed by atoms with Gasteiger partial charge in [-0.15, -0.1) is 11.3 Å². The summed E-state index contributed by atoms with van der Waals surface area (Å²) in [6, 6.07) is 7.35. The van der Waals surface area contributed by atoms with Gasteiger partial charge in [0.25, 0.3) is 0 Å². The lowest BCUT2D eigenvalue weighted by Crippen LogP contribution is -2.06. The summed E-state index contributed by atoms with van der Waals surface area (Å²) in [5.74, 6) is 0. The van der Waals surface area contributed by atoms with Crippen molar-refractivity contribution in [1.82, 2.24) is 4.98 Å². The van der Waals surface area contributed by atoms with Gasteiger partial charge in [0.15, 0.2) is 0 Å². The third-order valence-electron chi connectivity index (χ3n) is 2.47. The summed E-state index contributed by atoms with van der Waals surface area (Å²) in [6.07, 6.45) is 0.835. The van der Waals surface area contributed by atoms with Gasteiger partial charge in [-0.3, -0.25) is 0 Å². The van der Waals surface area contributed by atoms with Crippen LogP contribution in [0.1, 0.15) is 16.3 Å². The van der Waals surface area contributed by atoms with Crippen LogP contribution in [0.3, 0.4) is 0 Å². The minimum atomic E-state index is 0.605. The Hall–Kier alpha value is -1.57. The first-order valence-electron chi connectivity index (χ1n) is 5.53. The Balaban J connectivity index is 1.98. The Labute approximate surface area is 115 Å². The van der Waals surface area contributed by atoms with Crippen LogP contribution in [0.15, 0.2) is 23.6 Å². The van der Waals surface area contributed by atoms with E-state index in [1.165, 1.54) is 0 Å². The average molecular weight is 278 g/mol. The maximum absolute atomic E-state index is 8.99. The molecule has 0 unspecified atom stereocenters. The number of anilines is 1. The first-order valence-corrected chi connectivity index (χ1v) is 6.79. The van der Waals surface area contributed by atoms with E-state index < -0.39 is 0 Å². The van der Waals surface area contributed by atoms with Crippen molar-refractivity contribution >= 4 is 28.6 Å². The van der Waals surface area contributed by atoms with Crippen LogP contribution in [-0.2, 0) is 6.42 Å². The molecule has 0 aliphatic carbocycles. The van der Waals surface area contributed by atoms with Crippen LogP contribution >= 0.6 is 22.9 Å². The first-order chi connectivity index (χ1) is 8.69. The lowest BCUT2D eigenvalue weighted by atomic mass is 10.2. The zero-order valence-corrected chi connectivity index (χ0v) is 11.5. The molecule has 2 aromatic rings. The van der Waals surface area contributed by atoms with E-state index in [4.69, 9.17) is 16.9 Å². The Morgan fingerprint density at radius 2 is 2.33 bits per heavy atom. The third kappa shape index (κ3) is 3.22. The van der Waals surface area contributed by atoms with Crippen molar-refractivity contribution in [1.29, 1.82) is 5.26 Å². The zero-order chi connectivity index (χ0) is 13.0. The van der Waals surface area contributed by atoms with Gasteiger partial charge < -0.3 is 5.32 Å². The largest absolute Gasteiger partial charge is 0.384 e. The van der Waals surface area contributed by atoms with Crippen LogP contribution in [0.4, 0.5) is 5.69 Å². The molecule has 1 aromatic carbocycles. The predicted octanol–water partition coefficient (Wildman–Crippen LogP) is 3.63. The van der Waals surface area contributed by atoms with Crippen molar-refractivity contribution in [2.75, 3.05) is 11.9 Å². The minimum absolute atomic E-state index is 0.605. The lowest BCUT2D eigenvalue weighted by molar-refractivity contribution is 0.968. The molecule has 1 heterocycles. The van der Waals surface area contributed by atoms with Crippen molar-refractivity contribution in [2.45, 2.75) is 13.3 Å². The quantitative estimate of drug-likeness (QED) is 0.928. The molecule has 2 rings (SSSR count). The van der Waals surface area contributed by atoms with Crippen LogP contribution in [-0.4, -0.2) is 11.5 Å². The number of aryl methyl sites for hydroxylation is 1. The molecule has 3 nitrogen and oxygen atoms in total. The van der Waals surface area contributed by atoms with Gasteiger partial charge in [0.1, 0.15) is 6.07 Å². The van der Waals surface area contributed by atoms with Crippen molar-refractivity contribution < 1.29 is 0 Å². The maximum Gasteiger partial charge on any atom is 0.101 e. The standard InChI is InChI=1S/C13H12ClN3S/c1-9-17-12(8-18-9)4-5-16-13-6-11(14)3-2-10(13)7-15/h2-3,6,8,16H,4-5H2,1H3. The first kappa shape index (κ1) is 12.9. The molecule has 0 bridgehead atoms. The Kier molecular flexibility index (Phi) is 4.19. The van der Waals surface area contributed by atoms with E-state index >= 15 is 0 Å². The van der Waals surface area contributed by atoms with Crippen molar-refractivity contribution in [3.63, 3.8) is 0 Å². The van der Waals surface area contributed by atoms with Gasteiger partial charge in [0.2, 0.25) is 0 Å². The molecule has 0 aliphatic heterocycles. The van der Waals surface area contributed by atoms with E-state index in [0.717, 1.165) is 29.4 Å². The lowest BCUT2D eigenvalue weighted by Gasteiger charge is -2.07. The summed E-state index contributed by atoms with van der Waals surface area (Å²) in [5, 5.41) is 16.0. The maximum atomic E-state index is 8.99. The fourth-order valence-corrected chi connectivity index (χ4v) is 2.43. The summed E-state index contributed by atoms with van der Waals surface area (Å²) in [4.78, 5) is 4.39. The second-order valence-electron chi connectivity index (χ2n) is 3.84. The molecule has 1 aromatic heterocycles.